The zero-order chi connectivity index (χ0) is 10.5. The number of nitrogens with one attached hydrogen (secondary N) is 2. The molecule has 0 radical (unpaired) electrons. The highest BCUT2D eigenvalue weighted by Crippen LogP contribution is 2.08. The molecular formula is C10H9N5. The van der Waals surface area contributed by atoms with Crippen LogP contribution < -0.4 is 5.32 Å². The average Bonchev–Trinajstić information content (AvgIpc) is 2.79. The summed E-state index contributed by atoms with van der Waals surface area (Å²) in [4.78, 5) is 10.8. The lowest BCUT2D eigenvalue weighted by molar-refractivity contribution is 1.07. The number of nitrogens with zero attached hydrogens (tertiary/aromatic N) is 3. The molecule has 0 aliphatic rings. The van der Waals surface area contributed by atoms with E-state index < -0.39 is 0 Å². The lowest BCUT2D eigenvalue weighted by Crippen LogP contribution is -2.00. The van der Waals surface area contributed by atoms with E-state index in [1.165, 1.54) is 0 Å². The van der Waals surface area contributed by atoms with Crippen LogP contribution in [0, 0.1) is 11.3 Å². The first kappa shape index (κ1) is 9.21. The number of hydrogen-bond acceptors (Lipinski definition) is 4. The first-order valence-corrected chi connectivity index (χ1v) is 4.46. The second-order valence-corrected chi connectivity index (χ2v) is 2.97. The first-order valence-electron chi connectivity index (χ1n) is 4.46. The van der Waals surface area contributed by atoms with E-state index in [0.717, 1.165) is 11.4 Å². The zero-order valence-corrected chi connectivity index (χ0v) is 7.94. The van der Waals surface area contributed by atoms with Gasteiger partial charge in [0, 0.05) is 18.1 Å². The molecule has 5 nitrogen and oxygen atoms in total. The molecule has 2 rings (SSSR count). The van der Waals surface area contributed by atoms with Crippen LogP contribution in [0.15, 0.2) is 30.9 Å². The molecular weight excluding hydrogens is 190 g/mol. The maximum absolute atomic E-state index is 8.66. The molecule has 0 unspecified atom stereocenters. The number of anilines is 1. The zero-order valence-electron chi connectivity index (χ0n) is 7.94. The van der Waals surface area contributed by atoms with Gasteiger partial charge >= 0.3 is 0 Å². The molecule has 74 valence electrons. The van der Waals surface area contributed by atoms with Crippen LogP contribution in [0.2, 0.25) is 0 Å². The molecule has 0 fully saturated rings. The maximum Gasteiger partial charge on any atom is 0.142 e. The van der Waals surface area contributed by atoms with Crippen LogP contribution in [0.3, 0.4) is 0 Å². The van der Waals surface area contributed by atoms with Gasteiger partial charge in [-0.15, -0.1) is 0 Å². The van der Waals surface area contributed by atoms with Gasteiger partial charge in [-0.3, -0.25) is 0 Å². The Morgan fingerprint density at radius 2 is 2.47 bits per heavy atom. The van der Waals surface area contributed by atoms with Crippen molar-refractivity contribution in [3.63, 3.8) is 0 Å². The molecule has 0 saturated carbocycles. The summed E-state index contributed by atoms with van der Waals surface area (Å²) in [6, 6.07) is 5.51. The van der Waals surface area contributed by atoms with Crippen LogP contribution in [0.1, 0.15) is 11.4 Å². The Bertz CT molecular complexity index is 469. The van der Waals surface area contributed by atoms with Crippen molar-refractivity contribution >= 4 is 5.69 Å². The maximum atomic E-state index is 8.66. The Balaban J connectivity index is 2.02. The van der Waals surface area contributed by atoms with Gasteiger partial charge in [-0.25, -0.2) is 9.97 Å². The van der Waals surface area contributed by atoms with Crippen molar-refractivity contribution in [1.29, 1.82) is 5.26 Å². The number of H-pyrrole nitrogens is 1. The summed E-state index contributed by atoms with van der Waals surface area (Å²) in [5.41, 5.74) is 2.27. The molecule has 0 spiro atoms. The Hall–Kier alpha value is -2.35. The molecule has 0 aliphatic heterocycles. The van der Waals surface area contributed by atoms with Crippen LogP contribution in [-0.4, -0.2) is 15.0 Å². The molecule has 15 heavy (non-hydrogen) atoms. The summed E-state index contributed by atoms with van der Waals surface area (Å²) in [6.07, 6.45) is 4.98. The molecule has 0 bridgehead atoms. The van der Waals surface area contributed by atoms with Gasteiger partial charge in [-0.05, 0) is 12.1 Å². The lowest BCUT2D eigenvalue weighted by atomic mass is 10.3. The van der Waals surface area contributed by atoms with Gasteiger partial charge < -0.3 is 10.3 Å². The number of aromatic nitrogens is 3. The van der Waals surface area contributed by atoms with Crippen molar-refractivity contribution in [1.82, 2.24) is 15.0 Å². The SMILES string of the molecule is N#Cc1cc(NCc2cnc[nH]2)ccn1. The van der Waals surface area contributed by atoms with Gasteiger partial charge in [-0.2, -0.15) is 5.26 Å². The highest BCUT2D eigenvalue weighted by Gasteiger charge is 1.96. The smallest absolute Gasteiger partial charge is 0.142 e. The van der Waals surface area contributed by atoms with Crippen LogP contribution in [0.5, 0.6) is 0 Å². The minimum Gasteiger partial charge on any atom is -0.379 e. The van der Waals surface area contributed by atoms with Gasteiger partial charge in [0.1, 0.15) is 11.8 Å². The Kier molecular flexibility index (Phi) is 2.61. The van der Waals surface area contributed by atoms with Crippen molar-refractivity contribution in [3.8, 4) is 6.07 Å². The second kappa shape index (κ2) is 4.24. The number of aromatic amines is 1. The van der Waals surface area contributed by atoms with E-state index in [1.54, 1.807) is 24.8 Å². The van der Waals surface area contributed by atoms with E-state index in [1.807, 2.05) is 12.1 Å². The number of rotatable bonds is 3. The van der Waals surface area contributed by atoms with Gasteiger partial charge in [0.2, 0.25) is 0 Å². The fraction of sp³-hybridized carbons (Fsp3) is 0.100. The molecule has 0 amide bonds. The third-order valence-corrected chi connectivity index (χ3v) is 1.91. The summed E-state index contributed by atoms with van der Waals surface area (Å²) in [7, 11) is 0. The van der Waals surface area contributed by atoms with Crippen molar-refractivity contribution in [2.75, 3.05) is 5.32 Å². The number of imidazole rings is 1. The Morgan fingerprint density at radius 3 is 3.20 bits per heavy atom. The number of hydrogen-bond donors (Lipinski definition) is 2. The van der Waals surface area contributed by atoms with Gasteiger partial charge in [-0.1, -0.05) is 0 Å². The molecule has 2 heterocycles. The minimum absolute atomic E-state index is 0.407. The Labute approximate surface area is 86.8 Å². The molecule has 2 aromatic heterocycles. The standard InChI is InChI=1S/C10H9N5/c11-4-9-3-8(1-2-13-9)14-6-10-5-12-7-15-10/h1-3,5,7H,6H2,(H,12,15)(H,13,14). The molecule has 0 saturated heterocycles. The minimum atomic E-state index is 0.407. The fourth-order valence-corrected chi connectivity index (χ4v) is 1.18. The van der Waals surface area contributed by atoms with Gasteiger partial charge in [0.05, 0.1) is 18.6 Å². The fourth-order valence-electron chi connectivity index (χ4n) is 1.18. The highest BCUT2D eigenvalue weighted by atomic mass is 14.9. The normalized spacial score (nSPS) is 9.53. The number of pyridine rings is 1. The predicted molar refractivity (Wildman–Crippen MR) is 54.9 cm³/mol. The van der Waals surface area contributed by atoms with E-state index >= 15 is 0 Å². The van der Waals surface area contributed by atoms with Crippen molar-refractivity contribution in [2.45, 2.75) is 6.54 Å². The van der Waals surface area contributed by atoms with Crippen LogP contribution in [-0.2, 0) is 6.54 Å². The highest BCUT2D eigenvalue weighted by molar-refractivity contribution is 5.45. The van der Waals surface area contributed by atoms with Gasteiger partial charge in [0.25, 0.3) is 0 Å². The third kappa shape index (κ3) is 2.31. The van der Waals surface area contributed by atoms with Crippen LogP contribution in [0.25, 0.3) is 0 Å². The van der Waals surface area contributed by atoms with Crippen LogP contribution >= 0.6 is 0 Å². The second-order valence-electron chi connectivity index (χ2n) is 2.97. The molecule has 0 atom stereocenters. The molecule has 2 N–H and O–H groups in total. The summed E-state index contributed by atoms with van der Waals surface area (Å²) in [5.74, 6) is 0. The molecule has 5 heteroatoms. The quantitative estimate of drug-likeness (QED) is 0.780. The Morgan fingerprint density at radius 1 is 1.53 bits per heavy atom. The van der Waals surface area contributed by atoms with Crippen molar-refractivity contribution in [2.24, 2.45) is 0 Å². The van der Waals surface area contributed by atoms with Gasteiger partial charge in [0.15, 0.2) is 0 Å². The van der Waals surface area contributed by atoms with Crippen LogP contribution in [0.4, 0.5) is 5.69 Å². The summed E-state index contributed by atoms with van der Waals surface area (Å²) in [5, 5.41) is 11.8. The monoisotopic (exact) mass is 199 g/mol. The molecule has 0 aliphatic carbocycles. The molecule has 0 aromatic carbocycles. The molecule has 2 aromatic rings. The topological polar surface area (TPSA) is 77.4 Å². The first-order chi connectivity index (χ1) is 7.38. The largest absolute Gasteiger partial charge is 0.379 e. The summed E-state index contributed by atoms with van der Waals surface area (Å²) >= 11 is 0. The number of nitriles is 1. The third-order valence-electron chi connectivity index (χ3n) is 1.91. The summed E-state index contributed by atoms with van der Waals surface area (Å²) in [6.45, 7) is 0.648. The van der Waals surface area contributed by atoms with E-state index in [-0.39, 0.29) is 0 Å². The van der Waals surface area contributed by atoms with Crippen molar-refractivity contribution in [3.05, 3.63) is 42.2 Å². The van der Waals surface area contributed by atoms with E-state index in [2.05, 4.69) is 20.3 Å². The average molecular weight is 199 g/mol. The lowest BCUT2D eigenvalue weighted by Gasteiger charge is -2.03. The van der Waals surface area contributed by atoms with E-state index in [0.29, 0.717) is 12.2 Å². The summed E-state index contributed by atoms with van der Waals surface area (Å²) < 4.78 is 0. The predicted octanol–water partition coefficient (Wildman–Crippen LogP) is 1.29. The van der Waals surface area contributed by atoms with E-state index in [9.17, 15) is 0 Å². The van der Waals surface area contributed by atoms with Crippen molar-refractivity contribution < 1.29 is 0 Å². The van der Waals surface area contributed by atoms with E-state index in [4.69, 9.17) is 5.26 Å².